The normalized spacial score (nSPS) is 15.1. The first-order chi connectivity index (χ1) is 17.6. The lowest BCUT2D eigenvalue weighted by molar-refractivity contribution is -0.122. The fraction of sp³-hybridized carbons (Fsp3) is 0.148. The summed E-state index contributed by atoms with van der Waals surface area (Å²) in [6.45, 7) is 5.67. The number of carbonyl (C=O) groups excluding carboxylic acids is 3. The molecular formula is C27H24N2O7S. The van der Waals surface area contributed by atoms with E-state index in [0.717, 1.165) is 16.0 Å². The minimum Gasteiger partial charge on any atom is -0.490 e. The van der Waals surface area contributed by atoms with Crippen molar-refractivity contribution in [2.45, 2.75) is 25.7 Å². The fourth-order valence-corrected chi connectivity index (χ4v) is 4.59. The van der Waals surface area contributed by atoms with Gasteiger partial charge in [-0.3, -0.25) is 14.9 Å². The van der Waals surface area contributed by atoms with Crippen molar-refractivity contribution in [1.82, 2.24) is 5.32 Å². The third-order valence-electron chi connectivity index (χ3n) is 5.66. The summed E-state index contributed by atoms with van der Waals surface area (Å²) in [5.41, 5.74) is 2.28. The van der Waals surface area contributed by atoms with Crippen LogP contribution in [-0.2, 0) is 19.7 Å². The Kier molecular flexibility index (Phi) is 7.12. The van der Waals surface area contributed by atoms with Crippen LogP contribution in [0, 0.1) is 13.8 Å². The standard InChI is InChI=1S/C27H24N2O7S/c1-4-35-24-16-19(11-13-23(24)36-37(33,34)21-8-6-5-7-9-21)15-22-25(30)28-27(32)29(26(22)31)20-12-10-17(2)18(3)14-20/h5-16H,4H2,1-3H3,(H,28,30,32)/b22-15+. The summed E-state index contributed by atoms with van der Waals surface area (Å²) in [7, 11) is -4.12. The Bertz CT molecular complexity index is 1530. The highest BCUT2D eigenvalue weighted by Crippen LogP contribution is 2.32. The molecule has 0 saturated carbocycles. The molecule has 1 N–H and O–H groups in total. The van der Waals surface area contributed by atoms with Crippen LogP contribution in [-0.4, -0.2) is 32.9 Å². The van der Waals surface area contributed by atoms with Crippen molar-refractivity contribution in [2.24, 2.45) is 0 Å². The maximum atomic E-state index is 13.2. The quantitative estimate of drug-likeness (QED) is 0.283. The monoisotopic (exact) mass is 520 g/mol. The third kappa shape index (κ3) is 5.39. The van der Waals surface area contributed by atoms with Gasteiger partial charge in [-0.2, -0.15) is 8.42 Å². The second kappa shape index (κ2) is 10.3. The molecule has 3 aromatic carbocycles. The van der Waals surface area contributed by atoms with E-state index in [9.17, 15) is 22.8 Å². The largest absolute Gasteiger partial charge is 0.490 e. The van der Waals surface area contributed by atoms with Gasteiger partial charge >= 0.3 is 16.1 Å². The predicted octanol–water partition coefficient (Wildman–Crippen LogP) is 4.14. The number of imide groups is 2. The van der Waals surface area contributed by atoms with E-state index in [1.165, 1.54) is 36.4 Å². The molecule has 0 radical (unpaired) electrons. The van der Waals surface area contributed by atoms with Crippen molar-refractivity contribution in [3.8, 4) is 11.5 Å². The number of ether oxygens (including phenoxy) is 1. The number of barbiturate groups is 1. The Morgan fingerprint density at radius 2 is 1.62 bits per heavy atom. The average molecular weight is 521 g/mol. The van der Waals surface area contributed by atoms with E-state index >= 15 is 0 Å². The van der Waals surface area contributed by atoms with Crippen molar-refractivity contribution >= 4 is 39.7 Å². The molecular weight excluding hydrogens is 496 g/mol. The Hall–Kier alpha value is -4.44. The molecule has 4 rings (SSSR count). The zero-order valence-electron chi connectivity index (χ0n) is 20.3. The summed E-state index contributed by atoms with van der Waals surface area (Å²) >= 11 is 0. The molecule has 190 valence electrons. The van der Waals surface area contributed by atoms with Crippen LogP contribution in [0.25, 0.3) is 6.08 Å². The first-order valence-electron chi connectivity index (χ1n) is 11.4. The van der Waals surface area contributed by atoms with Gasteiger partial charge in [-0.25, -0.2) is 9.69 Å². The van der Waals surface area contributed by atoms with Gasteiger partial charge in [0.05, 0.1) is 12.3 Å². The maximum Gasteiger partial charge on any atom is 0.339 e. The Balaban J connectivity index is 1.68. The minimum atomic E-state index is -4.12. The topological polar surface area (TPSA) is 119 Å². The number of anilines is 1. The molecule has 1 aliphatic rings. The van der Waals surface area contributed by atoms with Gasteiger partial charge in [-0.1, -0.05) is 30.3 Å². The highest BCUT2D eigenvalue weighted by molar-refractivity contribution is 7.87. The van der Waals surface area contributed by atoms with Crippen LogP contribution < -0.4 is 19.1 Å². The number of benzene rings is 3. The molecule has 0 unspecified atom stereocenters. The Morgan fingerprint density at radius 3 is 2.30 bits per heavy atom. The Morgan fingerprint density at radius 1 is 0.892 bits per heavy atom. The third-order valence-corrected chi connectivity index (χ3v) is 6.91. The molecule has 1 aliphatic heterocycles. The second-order valence-corrected chi connectivity index (χ2v) is 9.76. The number of urea groups is 1. The molecule has 0 atom stereocenters. The molecule has 0 aromatic heterocycles. The van der Waals surface area contributed by atoms with E-state index in [1.807, 2.05) is 13.8 Å². The molecule has 9 nitrogen and oxygen atoms in total. The van der Waals surface area contributed by atoms with Gasteiger partial charge in [0, 0.05) is 0 Å². The smallest absolute Gasteiger partial charge is 0.339 e. The lowest BCUT2D eigenvalue weighted by Crippen LogP contribution is -2.54. The lowest BCUT2D eigenvalue weighted by atomic mass is 10.0. The van der Waals surface area contributed by atoms with E-state index < -0.39 is 28.0 Å². The lowest BCUT2D eigenvalue weighted by Gasteiger charge is -2.27. The van der Waals surface area contributed by atoms with Gasteiger partial charge in [0.25, 0.3) is 11.8 Å². The van der Waals surface area contributed by atoms with E-state index in [1.54, 1.807) is 43.3 Å². The minimum absolute atomic E-state index is 0.0239. The van der Waals surface area contributed by atoms with Gasteiger partial charge in [0.15, 0.2) is 11.5 Å². The van der Waals surface area contributed by atoms with Crippen LogP contribution in [0.15, 0.2) is 77.2 Å². The van der Waals surface area contributed by atoms with E-state index in [-0.39, 0.29) is 28.6 Å². The second-order valence-electron chi connectivity index (χ2n) is 8.22. The van der Waals surface area contributed by atoms with Crippen LogP contribution in [0.4, 0.5) is 10.5 Å². The fourth-order valence-electron chi connectivity index (χ4n) is 3.63. The van der Waals surface area contributed by atoms with Crippen LogP contribution in [0.1, 0.15) is 23.6 Å². The van der Waals surface area contributed by atoms with Gasteiger partial charge in [-0.05, 0) is 79.9 Å². The molecule has 3 aromatic rings. The molecule has 0 bridgehead atoms. The summed E-state index contributed by atoms with van der Waals surface area (Å²) in [6.07, 6.45) is 1.30. The Labute approximate surface area is 214 Å². The molecule has 1 saturated heterocycles. The first-order valence-corrected chi connectivity index (χ1v) is 12.8. The molecule has 37 heavy (non-hydrogen) atoms. The van der Waals surface area contributed by atoms with Crippen molar-refractivity contribution < 1.29 is 31.7 Å². The number of nitrogens with one attached hydrogen (secondary N) is 1. The van der Waals surface area contributed by atoms with Crippen LogP contribution >= 0.6 is 0 Å². The number of hydrogen-bond donors (Lipinski definition) is 1. The van der Waals surface area contributed by atoms with Crippen LogP contribution in [0.2, 0.25) is 0 Å². The summed E-state index contributed by atoms with van der Waals surface area (Å²) in [5.74, 6) is -1.59. The number of hydrogen-bond acceptors (Lipinski definition) is 7. The van der Waals surface area contributed by atoms with Crippen molar-refractivity contribution in [2.75, 3.05) is 11.5 Å². The zero-order chi connectivity index (χ0) is 26.7. The zero-order valence-corrected chi connectivity index (χ0v) is 21.2. The van der Waals surface area contributed by atoms with Crippen molar-refractivity contribution in [1.29, 1.82) is 0 Å². The van der Waals surface area contributed by atoms with Gasteiger partial charge in [0.2, 0.25) is 0 Å². The number of rotatable bonds is 7. The molecule has 4 amide bonds. The maximum absolute atomic E-state index is 13.2. The van der Waals surface area contributed by atoms with Gasteiger partial charge < -0.3 is 8.92 Å². The summed E-state index contributed by atoms with van der Waals surface area (Å²) < 4.78 is 36.2. The van der Waals surface area contributed by atoms with E-state index in [2.05, 4.69) is 5.32 Å². The molecule has 0 spiro atoms. The molecule has 1 heterocycles. The van der Waals surface area contributed by atoms with Gasteiger partial charge in [-0.15, -0.1) is 0 Å². The van der Waals surface area contributed by atoms with Crippen molar-refractivity contribution in [3.63, 3.8) is 0 Å². The number of carbonyl (C=O) groups is 3. The van der Waals surface area contributed by atoms with Crippen LogP contribution in [0.3, 0.4) is 0 Å². The summed E-state index contributed by atoms with van der Waals surface area (Å²) in [5, 5.41) is 2.19. The predicted molar refractivity (Wildman–Crippen MR) is 137 cm³/mol. The number of amides is 4. The van der Waals surface area contributed by atoms with E-state index in [0.29, 0.717) is 11.3 Å². The highest BCUT2D eigenvalue weighted by Gasteiger charge is 2.37. The molecule has 1 fully saturated rings. The number of aryl methyl sites for hydroxylation is 2. The number of nitrogens with zero attached hydrogens (tertiary/aromatic N) is 1. The highest BCUT2D eigenvalue weighted by atomic mass is 32.2. The summed E-state index contributed by atoms with van der Waals surface area (Å²) in [6, 6.07) is 16.2. The average Bonchev–Trinajstić information content (AvgIpc) is 2.86. The SMILES string of the molecule is CCOc1cc(/C=C2\C(=O)NC(=O)N(c3ccc(C)c(C)c3)C2=O)ccc1OS(=O)(=O)c1ccccc1. The van der Waals surface area contributed by atoms with Crippen LogP contribution in [0.5, 0.6) is 11.5 Å². The van der Waals surface area contributed by atoms with E-state index in [4.69, 9.17) is 8.92 Å². The van der Waals surface area contributed by atoms with Gasteiger partial charge in [0.1, 0.15) is 10.5 Å². The first kappa shape index (κ1) is 25.6. The molecule has 10 heteroatoms. The molecule has 0 aliphatic carbocycles. The summed E-state index contributed by atoms with van der Waals surface area (Å²) in [4.78, 5) is 39.1. The van der Waals surface area contributed by atoms with Crippen molar-refractivity contribution in [3.05, 3.63) is 89.0 Å².